The lowest BCUT2D eigenvalue weighted by Gasteiger charge is -2.22. The predicted molar refractivity (Wildman–Crippen MR) is 101 cm³/mol. The van der Waals surface area contributed by atoms with E-state index >= 15 is 0 Å². The molecular formula is C20H24N4O3. The summed E-state index contributed by atoms with van der Waals surface area (Å²) in [6.07, 6.45) is 5.27. The summed E-state index contributed by atoms with van der Waals surface area (Å²) in [4.78, 5) is 18.6. The van der Waals surface area contributed by atoms with Crippen molar-refractivity contribution < 1.29 is 13.9 Å². The molecule has 0 bridgehead atoms. The normalized spacial score (nSPS) is 10.6. The van der Waals surface area contributed by atoms with Gasteiger partial charge in [0.25, 0.3) is 0 Å². The molecule has 142 valence electrons. The lowest BCUT2D eigenvalue weighted by molar-refractivity contribution is 0.185. The van der Waals surface area contributed by atoms with Crippen molar-refractivity contribution in [3.63, 3.8) is 0 Å². The van der Waals surface area contributed by atoms with Crippen LogP contribution in [0.5, 0.6) is 5.75 Å². The average Bonchev–Trinajstić information content (AvgIpc) is 3.34. The topological polar surface area (TPSA) is 72.5 Å². The Morgan fingerprint density at radius 2 is 2.19 bits per heavy atom. The van der Waals surface area contributed by atoms with E-state index in [2.05, 4.69) is 10.3 Å². The van der Waals surface area contributed by atoms with E-state index in [9.17, 15) is 4.79 Å². The minimum atomic E-state index is -0.148. The molecule has 3 rings (SSSR count). The summed E-state index contributed by atoms with van der Waals surface area (Å²) < 4.78 is 12.7. The molecule has 0 saturated heterocycles. The van der Waals surface area contributed by atoms with Crippen molar-refractivity contribution in [2.45, 2.75) is 26.6 Å². The van der Waals surface area contributed by atoms with Gasteiger partial charge >= 0.3 is 6.03 Å². The number of amides is 2. The molecule has 27 heavy (non-hydrogen) atoms. The van der Waals surface area contributed by atoms with Gasteiger partial charge in [0.05, 0.1) is 26.5 Å². The average molecular weight is 368 g/mol. The van der Waals surface area contributed by atoms with Crippen LogP contribution < -0.4 is 10.1 Å². The molecule has 0 saturated carbocycles. The molecular weight excluding hydrogens is 344 g/mol. The lowest BCUT2D eigenvalue weighted by atomic mass is 10.2. The molecule has 0 radical (unpaired) electrons. The second kappa shape index (κ2) is 8.93. The lowest BCUT2D eigenvalue weighted by Crippen LogP contribution is -2.39. The molecule has 0 atom stereocenters. The number of carbonyl (C=O) groups excluding carboxylic acids is 1. The zero-order chi connectivity index (χ0) is 19.1. The maximum absolute atomic E-state index is 12.5. The van der Waals surface area contributed by atoms with Crippen LogP contribution in [0.25, 0.3) is 0 Å². The van der Waals surface area contributed by atoms with Crippen LogP contribution in [0.4, 0.5) is 4.79 Å². The van der Waals surface area contributed by atoms with E-state index in [0.717, 1.165) is 22.9 Å². The quantitative estimate of drug-likeness (QED) is 0.662. The highest BCUT2D eigenvalue weighted by atomic mass is 16.5. The third kappa shape index (κ3) is 4.91. The molecule has 0 aliphatic carbocycles. The summed E-state index contributed by atoms with van der Waals surface area (Å²) >= 11 is 0. The van der Waals surface area contributed by atoms with Crippen molar-refractivity contribution in [2.24, 2.45) is 0 Å². The molecule has 1 aromatic carbocycles. The first-order valence-electron chi connectivity index (χ1n) is 8.87. The van der Waals surface area contributed by atoms with Gasteiger partial charge in [-0.05, 0) is 36.8 Å². The minimum absolute atomic E-state index is 0.148. The molecule has 2 heterocycles. The molecule has 7 nitrogen and oxygen atoms in total. The smallest absolute Gasteiger partial charge is 0.318 e. The largest absolute Gasteiger partial charge is 0.497 e. The molecule has 3 aromatic rings. The summed E-state index contributed by atoms with van der Waals surface area (Å²) in [5.41, 5.74) is 1.10. The van der Waals surface area contributed by atoms with E-state index in [1.165, 1.54) is 0 Å². The number of methoxy groups -OCH3 is 1. The highest BCUT2D eigenvalue weighted by molar-refractivity contribution is 5.73. The van der Waals surface area contributed by atoms with E-state index in [1.807, 2.05) is 54.1 Å². The Morgan fingerprint density at radius 3 is 2.93 bits per heavy atom. The second-order valence-electron chi connectivity index (χ2n) is 6.09. The van der Waals surface area contributed by atoms with Gasteiger partial charge in [-0.2, -0.15) is 0 Å². The maximum atomic E-state index is 12.5. The fraction of sp³-hybridized carbons (Fsp3) is 0.300. The number of ether oxygens (including phenoxy) is 1. The standard InChI is InChI=1S/C20H24N4O3/c1-3-21-20(25)24(14-18-8-5-11-27-18)15-19-22-9-10-23(19)13-16-6-4-7-17(12-16)26-2/h4-12H,3,13-15H2,1-2H3,(H,21,25). The number of furan rings is 1. The van der Waals surface area contributed by atoms with Crippen molar-refractivity contribution >= 4 is 6.03 Å². The number of rotatable bonds is 8. The number of nitrogens with one attached hydrogen (secondary N) is 1. The second-order valence-corrected chi connectivity index (χ2v) is 6.09. The number of carbonyl (C=O) groups is 1. The minimum Gasteiger partial charge on any atom is -0.497 e. The molecule has 2 amide bonds. The third-order valence-corrected chi connectivity index (χ3v) is 4.16. The van der Waals surface area contributed by atoms with Crippen LogP contribution >= 0.6 is 0 Å². The van der Waals surface area contributed by atoms with Gasteiger partial charge in [0.15, 0.2) is 0 Å². The van der Waals surface area contributed by atoms with Gasteiger partial charge in [-0.1, -0.05) is 12.1 Å². The molecule has 1 N–H and O–H groups in total. The monoisotopic (exact) mass is 368 g/mol. The number of benzene rings is 1. The van der Waals surface area contributed by atoms with Crippen LogP contribution in [-0.2, 0) is 19.6 Å². The Labute approximate surface area is 158 Å². The summed E-state index contributed by atoms with van der Waals surface area (Å²) in [6, 6.07) is 11.4. The molecule has 0 fully saturated rings. The summed E-state index contributed by atoms with van der Waals surface area (Å²) in [5.74, 6) is 2.35. The first-order chi connectivity index (χ1) is 13.2. The number of urea groups is 1. The fourth-order valence-electron chi connectivity index (χ4n) is 2.83. The fourth-order valence-corrected chi connectivity index (χ4v) is 2.83. The number of hydrogen-bond donors (Lipinski definition) is 1. The molecule has 2 aromatic heterocycles. The van der Waals surface area contributed by atoms with Gasteiger partial charge < -0.3 is 23.9 Å². The van der Waals surface area contributed by atoms with Crippen LogP contribution in [0.3, 0.4) is 0 Å². The van der Waals surface area contributed by atoms with E-state index in [4.69, 9.17) is 9.15 Å². The van der Waals surface area contributed by atoms with Crippen LogP contribution in [0, 0.1) is 0 Å². The Morgan fingerprint density at radius 1 is 1.30 bits per heavy atom. The van der Waals surface area contributed by atoms with Gasteiger partial charge in [0, 0.05) is 25.5 Å². The highest BCUT2D eigenvalue weighted by Crippen LogP contribution is 2.16. The van der Waals surface area contributed by atoms with Crippen molar-refractivity contribution in [2.75, 3.05) is 13.7 Å². The summed E-state index contributed by atoms with van der Waals surface area (Å²) in [6.45, 7) is 3.86. The zero-order valence-corrected chi connectivity index (χ0v) is 15.6. The maximum Gasteiger partial charge on any atom is 0.318 e. The van der Waals surface area contributed by atoms with E-state index in [-0.39, 0.29) is 6.03 Å². The molecule has 0 spiro atoms. The molecule has 0 aliphatic rings. The van der Waals surface area contributed by atoms with Gasteiger partial charge in [0.1, 0.15) is 17.3 Å². The van der Waals surface area contributed by atoms with Crippen molar-refractivity contribution in [3.8, 4) is 5.75 Å². The Hall–Kier alpha value is -3.22. The highest BCUT2D eigenvalue weighted by Gasteiger charge is 2.18. The first-order valence-corrected chi connectivity index (χ1v) is 8.87. The SMILES string of the molecule is CCNC(=O)N(Cc1ccco1)Cc1nccn1Cc1cccc(OC)c1. The van der Waals surface area contributed by atoms with Crippen LogP contribution in [-0.4, -0.2) is 34.1 Å². The number of aromatic nitrogens is 2. The first kappa shape index (κ1) is 18.6. The van der Waals surface area contributed by atoms with Crippen LogP contribution in [0.15, 0.2) is 59.5 Å². The Kier molecular flexibility index (Phi) is 6.14. The molecule has 0 aliphatic heterocycles. The van der Waals surface area contributed by atoms with Gasteiger partial charge in [-0.25, -0.2) is 9.78 Å². The van der Waals surface area contributed by atoms with Crippen molar-refractivity contribution in [1.82, 2.24) is 19.8 Å². The van der Waals surface area contributed by atoms with E-state index in [0.29, 0.717) is 26.2 Å². The van der Waals surface area contributed by atoms with Gasteiger partial charge in [-0.15, -0.1) is 0 Å². The van der Waals surface area contributed by atoms with Crippen LogP contribution in [0.2, 0.25) is 0 Å². The molecule has 0 unspecified atom stereocenters. The zero-order valence-electron chi connectivity index (χ0n) is 15.6. The van der Waals surface area contributed by atoms with Crippen LogP contribution in [0.1, 0.15) is 24.1 Å². The van der Waals surface area contributed by atoms with Crippen molar-refractivity contribution in [3.05, 3.63) is 72.2 Å². The Balaban J connectivity index is 1.76. The van der Waals surface area contributed by atoms with E-state index in [1.54, 1.807) is 24.5 Å². The number of imidazole rings is 1. The Bertz CT molecular complexity index is 858. The molecule has 7 heteroatoms. The number of hydrogen-bond acceptors (Lipinski definition) is 4. The van der Waals surface area contributed by atoms with Crippen molar-refractivity contribution in [1.29, 1.82) is 0 Å². The van der Waals surface area contributed by atoms with E-state index < -0.39 is 0 Å². The van der Waals surface area contributed by atoms with Gasteiger partial charge in [0.2, 0.25) is 0 Å². The number of nitrogens with zero attached hydrogens (tertiary/aromatic N) is 3. The predicted octanol–water partition coefficient (Wildman–Crippen LogP) is 3.26. The third-order valence-electron chi connectivity index (χ3n) is 4.16. The summed E-state index contributed by atoms with van der Waals surface area (Å²) in [5, 5.41) is 2.85. The van der Waals surface area contributed by atoms with Gasteiger partial charge in [-0.3, -0.25) is 0 Å². The summed E-state index contributed by atoms with van der Waals surface area (Å²) in [7, 11) is 1.65.